The fraction of sp³-hybridized carbons (Fsp3) is 0.588. The number of hydrogen-bond acceptors (Lipinski definition) is 2. The minimum atomic E-state index is -0.0186. The van der Waals surface area contributed by atoms with Crippen LogP contribution in [0.25, 0.3) is 0 Å². The van der Waals surface area contributed by atoms with Crippen LogP contribution in [0.3, 0.4) is 0 Å². The second kappa shape index (κ2) is 6.89. The van der Waals surface area contributed by atoms with Gasteiger partial charge in [-0.1, -0.05) is 29.8 Å². The van der Waals surface area contributed by atoms with Crippen molar-refractivity contribution in [2.24, 2.45) is 0 Å². The first-order valence-corrected chi connectivity index (χ1v) is 7.74. The smallest absolute Gasteiger partial charge is 0.239 e. The fourth-order valence-electron chi connectivity index (χ4n) is 3.00. The SMILES string of the molecule is CCN(CC)C(=O)C1CC(c2ccc(C)cc2)CCN1. The first-order chi connectivity index (χ1) is 9.65. The van der Waals surface area contributed by atoms with Crippen LogP contribution in [0, 0.1) is 6.92 Å². The number of aryl methyl sites for hydroxylation is 1. The van der Waals surface area contributed by atoms with Crippen molar-refractivity contribution < 1.29 is 4.79 Å². The molecule has 1 aromatic carbocycles. The molecule has 0 aromatic heterocycles. The van der Waals surface area contributed by atoms with E-state index in [0.717, 1.165) is 32.5 Å². The Labute approximate surface area is 122 Å². The highest BCUT2D eigenvalue weighted by Crippen LogP contribution is 2.28. The van der Waals surface area contributed by atoms with E-state index in [1.54, 1.807) is 0 Å². The molecular formula is C17H26N2O. The average Bonchev–Trinajstić information content (AvgIpc) is 2.49. The number of likely N-dealkylation sites (N-methyl/N-ethyl adjacent to an activating group) is 1. The highest BCUT2D eigenvalue weighted by atomic mass is 16.2. The average molecular weight is 274 g/mol. The van der Waals surface area contributed by atoms with Gasteiger partial charge in [0.05, 0.1) is 6.04 Å². The first kappa shape index (κ1) is 15.0. The van der Waals surface area contributed by atoms with E-state index in [2.05, 4.69) is 36.5 Å². The van der Waals surface area contributed by atoms with Crippen molar-refractivity contribution in [3.8, 4) is 0 Å². The molecule has 1 heterocycles. The molecule has 2 unspecified atom stereocenters. The summed E-state index contributed by atoms with van der Waals surface area (Å²) in [6, 6.07) is 8.74. The molecule has 0 spiro atoms. The summed E-state index contributed by atoms with van der Waals surface area (Å²) in [6.45, 7) is 8.71. The molecule has 1 aliphatic rings. The zero-order chi connectivity index (χ0) is 14.5. The van der Waals surface area contributed by atoms with Crippen molar-refractivity contribution >= 4 is 5.91 Å². The molecule has 3 nitrogen and oxygen atoms in total. The van der Waals surface area contributed by atoms with Gasteiger partial charge in [0.2, 0.25) is 5.91 Å². The number of amides is 1. The standard InChI is InChI=1S/C17H26N2O/c1-4-19(5-2)17(20)16-12-15(10-11-18-16)14-8-6-13(3)7-9-14/h6-9,15-16,18H,4-5,10-12H2,1-3H3. The van der Waals surface area contributed by atoms with Gasteiger partial charge in [0.15, 0.2) is 0 Å². The third-order valence-corrected chi connectivity index (χ3v) is 4.33. The molecule has 2 atom stereocenters. The van der Waals surface area contributed by atoms with Crippen molar-refractivity contribution in [2.45, 2.75) is 45.6 Å². The molecule has 2 rings (SSSR count). The monoisotopic (exact) mass is 274 g/mol. The van der Waals surface area contributed by atoms with Crippen molar-refractivity contribution in [1.29, 1.82) is 0 Å². The van der Waals surface area contributed by atoms with E-state index >= 15 is 0 Å². The van der Waals surface area contributed by atoms with Gasteiger partial charge in [-0.2, -0.15) is 0 Å². The lowest BCUT2D eigenvalue weighted by Gasteiger charge is -2.33. The Kier molecular flexibility index (Phi) is 5.18. The summed E-state index contributed by atoms with van der Waals surface area (Å²) in [5.41, 5.74) is 2.66. The van der Waals surface area contributed by atoms with Gasteiger partial charge in [-0.15, -0.1) is 0 Å². The van der Waals surface area contributed by atoms with Crippen molar-refractivity contribution in [2.75, 3.05) is 19.6 Å². The Morgan fingerprint density at radius 2 is 1.90 bits per heavy atom. The van der Waals surface area contributed by atoms with Gasteiger partial charge in [0.1, 0.15) is 0 Å². The van der Waals surface area contributed by atoms with Gasteiger partial charge in [-0.05, 0) is 51.6 Å². The van der Waals surface area contributed by atoms with Gasteiger partial charge in [-0.25, -0.2) is 0 Å². The minimum Gasteiger partial charge on any atom is -0.342 e. The summed E-state index contributed by atoms with van der Waals surface area (Å²) in [4.78, 5) is 14.4. The molecule has 1 amide bonds. The molecule has 0 aliphatic carbocycles. The van der Waals surface area contributed by atoms with Crippen molar-refractivity contribution in [3.63, 3.8) is 0 Å². The molecule has 0 bridgehead atoms. The number of rotatable bonds is 4. The van der Waals surface area contributed by atoms with Gasteiger partial charge in [-0.3, -0.25) is 4.79 Å². The summed E-state index contributed by atoms with van der Waals surface area (Å²) >= 11 is 0. The lowest BCUT2D eigenvalue weighted by atomic mass is 9.85. The predicted molar refractivity (Wildman–Crippen MR) is 82.9 cm³/mol. The van der Waals surface area contributed by atoms with Crippen LogP contribution in [-0.2, 0) is 4.79 Å². The van der Waals surface area contributed by atoms with Gasteiger partial charge < -0.3 is 10.2 Å². The van der Waals surface area contributed by atoms with Crippen LogP contribution in [0.5, 0.6) is 0 Å². The Hall–Kier alpha value is -1.35. The Balaban J connectivity index is 2.04. The second-order valence-corrected chi connectivity index (χ2v) is 5.65. The Bertz CT molecular complexity index is 437. The maximum Gasteiger partial charge on any atom is 0.239 e. The largest absolute Gasteiger partial charge is 0.342 e. The van der Waals surface area contributed by atoms with Crippen LogP contribution in [-0.4, -0.2) is 36.5 Å². The van der Waals surface area contributed by atoms with Crippen LogP contribution >= 0.6 is 0 Å². The Morgan fingerprint density at radius 3 is 2.50 bits per heavy atom. The lowest BCUT2D eigenvalue weighted by Crippen LogP contribution is -2.49. The van der Waals surface area contributed by atoms with Crippen LogP contribution in [0.15, 0.2) is 24.3 Å². The summed E-state index contributed by atoms with van der Waals surface area (Å²) in [7, 11) is 0. The quantitative estimate of drug-likeness (QED) is 0.915. The topological polar surface area (TPSA) is 32.3 Å². The number of hydrogen-bond donors (Lipinski definition) is 1. The molecule has 1 aliphatic heterocycles. The third kappa shape index (κ3) is 3.40. The highest BCUT2D eigenvalue weighted by Gasteiger charge is 2.29. The molecule has 1 fully saturated rings. The second-order valence-electron chi connectivity index (χ2n) is 5.65. The van der Waals surface area contributed by atoms with E-state index < -0.39 is 0 Å². The normalized spacial score (nSPS) is 22.6. The van der Waals surface area contributed by atoms with Gasteiger partial charge in [0, 0.05) is 13.1 Å². The maximum absolute atomic E-state index is 12.5. The molecule has 20 heavy (non-hydrogen) atoms. The molecule has 3 heteroatoms. The maximum atomic E-state index is 12.5. The number of nitrogens with one attached hydrogen (secondary N) is 1. The van der Waals surface area contributed by atoms with Crippen LogP contribution in [0.4, 0.5) is 0 Å². The van der Waals surface area contributed by atoms with E-state index in [1.807, 2.05) is 18.7 Å². The third-order valence-electron chi connectivity index (χ3n) is 4.33. The van der Waals surface area contributed by atoms with Crippen LogP contribution < -0.4 is 5.32 Å². The van der Waals surface area contributed by atoms with Crippen LogP contribution in [0.1, 0.15) is 43.7 Å². The summed E-state index contributed by atoms with van der Waals surface area (Å²) in [5, 5.41) is 3.39. The number of piperidine rings is 1. The summed E-state index contributed by atoms with van der Waals surface area (Å²) in [6.07, 6.45) is 2.03. The van der Waals surface area contributed by atoms with E-state index in [1.165, 1.54) is 11.1 Å². The number of nitrogens with zero attached hydrogens (tertiary/aromatic N) is 1. The van der Waals surface area contributed by atoms with Crippen molar-refractivity contribution in [1.82, 2.24) is 10.2 Å². The predicted octanol–water partition coefficient (Wildman–Crippen LogP) is 2.70. The van der Waals surface area contributed by atoms with Gasteiger partial charge >= 0.3 is 0 Å². The number of benzene rings is 1. The fourth-order valence-corrected chi connectivity index (χ4v) is 3.00. The lowest BCUT2D eigenvalue weighted by molar-refractivity contribution is -0.133. The van der Waals surface area contributed by atoms with E-state index in [-0.39, 0.29) is 11.9 Å². The molecule has 1 N–H and O–H groups in total. The van der Waals surface area contributed by atoms with E-state index in [9.17, 15) is 4.79 Å². The number of carbonyl (C=O) groups excluding carboxylic acids is 1. The zero-order valence-corrected chi connectivity index (χ0v) is 12.9. The summed E-state index contributed by atoms with van der Waals surface area (Å²) in [5.74, 6) is 0.758. The Morgan fingerprint density at radius 1 is 1.25 bits per heavy atom. The molecule has 110 valence electrons. The van der Waals surface area contributed by atoms with Crippen molar-refractivity contribution in [3.05, 3.63) is 35.4 Å². The zero-order valence-electron chi connectivity index (χ0n) is 12.9. The van der Waals surface area contributed by atoms with Crippen LogP contribution in [0.2, 0.25) is 0 Å². The highest BCUT2D eigenvalue weighted by molar-refractivity contribution is 5.82. The molecule has 0 radical (unpaired) electrons. The number of carbonyl (C=O) groups is 1. The minimum absolute atomic E-state index is 0.0186. The molecule has 1 saturated heterocycles. The van der Waals surface area contributed by atoms with E-state index in [4.69, 9.17) is 0 Å². The summed E-state index contributed by atoms with van der Waals surface area (Å²) < 4.78 is 0. The van der Waals surface area contributed by atoms with Gasteiger partial charge in [0.25, 0.3) is 0 Å². The molecular weight excluding hydrogens is 248 g/mol. The van der Waals surface area contributed by atoms with E-state index in [0.29, 0.717) is 5.92 Å². The molecule has 1 aromatic rings. The first-order valence-electron chi connectivity index (χ1n) is 7.74. The molecule has 0 saturated carbocycles.